The van der Waals surface area contributed by atoms with Crippen molar-refractivity contribution < 1.29 is 22.4 Å². The average molecular weight is 310 g/mol. The number of amides is 1. The first-order valence-corrected chi connectivity index (χ1v) is 6.13. The van der Waals surface area contributed by atoms with Crippen molar-refractivity contribution in [2.24, 2.45) is 5.10 Å². The van der Waals surface area contributed by atoms with E-state index in [1.165, 1.54) is 36.5 Å². The molecule has 0 atom stereocenters. The maximum absolute atomic E-state index is 13.3. The normalized spacial score (nSPS) is 11.6. The fraction of sp³-hybridized carbons (Fsp3) is 0.0667. The first-order valence-electron chi connectivity index (χ1n) is 6.13. The van der Waals surface area contributed by atoms with Crippen molar-refractivity contribution in [3.8, 4) is 0 Å². The minimum atomic E-state index is -4.41. The third-order valence-corrected chi connectivity index (χ3v) is 2.74. The van der Waals surface area contributed by atoms with E-state index in [-0.39, 0.29) is 5.56 Å². The number of carbonyl (C=O) groups is 1. The number of nitrogens with zero attached hydrogens (tertiary/aromatic N) is 1. The highest BCUT2D eigenvalue weighted by Crippen LogP contribution is 2.28. The van der Waals surface area contributed by atoms with Gasteiger partial charge in [-0.15, -0.1) is 0 Å². The Hall–Kier alpha value is -2.70. The molecule has 7 heteroatoms. The summed E-state index contributed by atoms with van der Waals surface area (Å²) in [6, 6.07) is 9.59. The van der Waals surface area contributed by atoms with E-state index in [9.17, 15) is 22.4 Å². The Morgan fingerprint density at radius 3 is 2.27 bits per heavy atom. The molecule has 0 unspecified atom stereocenters. The lowest BCUT2D eigenvalue weighted by Crippen LogP contribution is -2.18. The predicted molar refractivity (Wildman–Crippen MR) is 72.9 cm³/mol. The molecule has 1 amide bonds. The third-order valence-electron chi connectivity index (χ3n) is 2.74. The highest BCUT2D eigenvalue weighted by molar-refractivity contribution is 5.95. The first kappa shape index (κ1) is 15.7. The van der Waals surface area contributed by atoms with Crippen LogP contribution in [0.2, 0.25) is 0 Å². The maximum Gasteiger partial charge on any atom is 0.416 e. The second-order valence-electron chi connectivity index (χ2n) is 4.30. The van der Waals surface area contributed by atoms with Crippen LogP contribution in [-0.4, -0.2) is 12.1 Å². The number of hydrogen-bond acceptors (Lipinski definition) is 2. The molecule has 1 N–H and O–H groups in total. The van der Waals surface area contributed by atoms with Crippen molar-refractivity contribution in [2.75, 3.05) is 0 Å². The van der Waals surface area contributed by atoms with E-state index in [0.717, 1.165) is 18.2 Å². The number of rotatable bonds is 3. The Morgan fingerprint density at radius 1 is 1.05 bits per heavy atom. The zero-order chi connectivity index (χ0) is 16.2. The summed E-state index contributed by atoms with van der Waals surface area (Å²) in [4.78, 5) is 11.6. The molecule has 0 spiro atoms. The van der Waals surface area contributed by atoms with Crippen LogP contribution in [0.3, 0.4) is 0 Å². The van der Waals surface area contributed by atoms with E-state index in [4.69, 9.17) is 0 Å². The molecular formula is C15H10F4N2O. The molecule has 2 rings (SSSR count). The van der Waals surface area contributed by atoms with Crippen molar-refractivity contribution in [3.05, 3.63) is 71.0 Å². The van der Waals surface area contributed by atoms with Gasteiger partial charge in [-0.25, -0.2) is 9.82 Å². The molecule has 3 nitrogen and oxygen atoms in total. The molecule has 0 saturated carbocycles. The molecule has 2 aromatic carbocycles. The number of hydrazone groups is 1. The van der Waals surface area contributed by atoms with E-state index < -0.39 is 23.5 Å². The van der Waals surface area contributed by atoms with Crippen molar-refractivity contribution >= 4 is 12.1 Å². The van der Waals surface area contributed by atoms with Crippen molar-refractivity contribution in [1.29, 1.82) is 0 Å². The van der Waals surface area contributed by atoms with E-state index in [1.54, 1.807) is 0 Å². The monoisotopic (exact) mass is 310 g/mol. The zero-order valence-corrected chi connectivity index (χ0v) is 11.1. The third kappa shape index (κ3) is 3.91. The largest absolute Gasteiger partial charge is 0.416 e. The van der Waals surface area contributed by atoms with Crippen molar-refractivity contribution in [3.63, 3.8) is 0 Å². The van der Waals surface area contributed by atoms with Gasteiger partial charge in [0.1, 0.15) is 5.82 Å². The van der Waals surface area contributed by atoms with Crippen LogP contribution in [0.5, 0.6) is 0 Å². The van der Waals surface area contributed by atoms with Crippen LogP contribution in [-0.2, 0) is 6.18 Å². The van der Waals surface area contributed by atoms with Gasteiger partial charge in [0, 0.05) is 0 Å². The van der Waals surface area contributed by atoms with Gasteiger partial charge < -0.3 is 0 Å². The molecule has 22 heavy (non-hydrogen) atoms. The van der Waals surface area contributed by atoms with Gasteiger partial charge in [0.25, 0.3) is 5.91 Å². The molecule has 0 heterocycles. The number of alkyl halides is 3. The SMILES string of the molecule is O=C(N/N=C/c1ccc(C(F)(F)F)cc1)c1ccccc1F. The Bertz CT molecular complexity index is 693. The van der Waals surface area contributed by atoms with Crippen LogP contribution < -0.4 is 5.43 Å². The number of carbonyl (C=O) groups excluding carboxylic acids is 1. The van der Waals surface area contributed by atoms with E-state index in [1.807, 2.05) is 0 Å². The molecule has 0 aliphatic carbocycles. The lowest BCUT2D eigenvalue weighted by molar-refractivity contribution is -0.137. The fourth-order valence-electron chi connectivity index (χ4n) is 1.63. The molecule has 0 aliphatic rings. The van der Waals surface area contributed by atoms with Gasteiger partial charge in [-0.3, -0.25) is 4.79 Å². The molecule has 0 fully saturated rings. The molecule has 0 radical (unpaired) electrons. The van der Waals surface area contributed by atoms with Crippen molar-refractivity contribution in [2.45, 2.75) is 6.18 Å². The Morgan fingerprint density at radius 2 is 1.68 bits per heavy atom. The van der Waals surface area contributed by atoms with Crippen LogP contribution in [0.15, 0.2) is 53.6 Å². The van der Waals surface area contributed by atoms with Crippen LogP contribution >= 0.6 is 0 Å². The van der Waals surface area contributed by atoms with Crippen LogP contribution in [0.25, 0.3) is 0 Å². The summed E-state index contributed by atoms with van der Waals surface area (Å²) in [5, 5.41) is 3.58. The van der Waals surface area contributed by atoms with Gasteiger partial charge in [-0.05, 0) is 29.8 Å². The Kier molecular flexibility index (Phi) is 4.55. The molecule has 0 aromatic heterocycles. The Labute approximate surface area is 123 Å². The molecule has 0 bridgehead atoms. The number of hydrogen-bond donors (Lipinski definition) is 1. The second-order valence-corrected chi connectivity index (χ2v) is 4.30. The van der Waals surface area contributed by atoms with E-state index in [2.05, 4.69) is 10.5 Å². The summed E-state index contributed by atoms with van der Waals surface area (Å²) in [6.45, 7) is 0. The minimum absolute atomic E-state index is 0.174. The summed E-state index contributed by atoms with van der Waals surface area (Å²) in [6.07, 6.45) is -3.24. The average Bonchev–Trinajstić information content (AvgIpc) is 2.47. The van der Waals surface area contributed by atoms with Gasteiger partial charge in [-0.1, -0.05) is 24.3 Å². The lowest BCUT2D eigenvalue weighted by atomic mass is 10.1. The molecule has 2 aromatic rings. The molecule has 114 valence electrons. The van der Waals surface area contributed by atoms with E-state index >= 15 is 0 Å². The van der Waals surface area contributed by atoms with Gasteiger partial charge in [-0.2, -0.15) is 18.3 Å². The van der Waals surface area contributed by atoms with Gasteiger partial charge in [0.15, 0.2) is 0 Å². The number of nitrogens with one attached hydrogen (secondary N) is 1. The van der Waals surface area contributed by atoms with Gasteiger partial charge >= 0.3 is 6.18 Å². The quantitative estimate of drug-likeness (QED) is 0.525. The van der Waals surface area contributed by atoms with Gasteiger partial charge in [0.2, 0.25) is 0 Å². The first-order chi connectivity index (χ1) is 10.4. The Balaban J connectivity index is 2.01. The number of benzene rings is 2. The highest BCUT2D eigenvalue weighted by atomic mass is 19.4. The van der Waals surface area contributed by atoms with Crippen LogP contribution in [0.1, 0.15) is 21.5 Å². The standard InChI is InChI=1S/C15H10F4N2O/c16-13-4-2-1-3-12(13)14(22)21-20-9-10-5-7-11(8-6-10)15(17,18)19/h1-9H,(H,21,22)/b20-9+. The molecular weight excluding hydrogens is 300 g/mol. The summed E-state index contributed by atoms with van der Waals surface area (Å²) in [5.74, 6) is -1.44. The van der Waals surface area contributed by atoms with Gasteiger partial charge in [0.05, 0.1) is 17.3 Å². The second kappa shape index (κ2) is 6.38. The number of halogens is 4. The van der Waals surface area contributed by atoms with Crippen LogP contribution in [0.4, 0.5) is 17.6 Å². The molecule has 0 saturated heterocycles. The summed E-state index contributed by atoms with van der Waals surface area (Å²) in [5.41, 5.74) is 1.51. The summed E-state index contributed by atoms with van der Waals surface area (Å²) < 4.78 is 50.5. The minimum Gasteiger partial charge on any atom is -0.267 e. The summed E-state index contributed by atoms with van der Waals surface area (Å²) >= 11 is 0. The highest BCUT2D eigenvalue weighted by Gasteiger charge is 2.29. The predicted octanol–water partition coefficient (Wildman–Crippen LogP) is 3.61. The zero-order valence-electron chi connectivity index (χ0n) is 11.1. The summed E-state index contributed by atoms with van der Waals surface area (Å²) in [7, 11) is 0. The maximum atomic E-state index is 13.3. The van der Waals surface area contributed by atoms with E-state index in [0.29, 0.717) is 5.56 Å². The van der Waals surface area contributed by atoms with Crippen LogP contribution in [0, 0.1) is 5.82 Å². The fourth-order valence-corrected chi connectivity index (χ4v) is 1.63. The smallest absolute Gasteiger partial charge is 0.267 e. The van der Waals surface area contributed by atoms with Crippen molar-refractivity contribution in [1.82, 2.24) is 5.43 Å². The lowest BCUT2D eigenvalue weighted by Gasteiger charge is -2.05. The molecule has 0 aliphatic heterocycles. The topological polar surface area (TPSA) is 41.5 Å².